The smallest absolute Gasteiger partial charge is 0.261 e. The first-order chi connectivity index (χ1) is 16.6. The second kappa shape index (κ2) is 9.65. The van der Waals surface area contributed by atoms with E-state index >= 15 is 0 Å². The summed E-state index contributed by atoms with van der Waals surface area (Å²) in [5.74, 6) is -0.626. The van der Waals surface area contributed by atoms with E-state index < -0.39 is 6.10 Å². The molecule has 3 aromatic rings. The number of nitrogens with zero attached hydrogens (tertiary/aromatic N) is 3. The highest BCUT2D eigenvalue weighted by molar-refractivity contribution is 5.95. The van der Waals surface area contributed by atoms with Gasteiger partial charge < -0.3 is 15.3 Å². The number of aromatic nitrogens is 1. The molecule has 1 aliphatic carbocycles. The lowest BCUT2D eigenvalue weighted by atomic mass is 9.92. The van der Waals surface area contributed by atoms with Gasteiger partial charge in [-0.25, -0.2) is 4.39 Å². The second-order valence-corrected chi connectivity index (χ2v) is 8.68. The average Bonchev–Trinajstić information content (AvgIpc) is 2.87. The zero-order valence-electron chi connectivity index (χ0n) is 18.8. The number of anilines is 1. The van der Waals surface area contributed by atoms with Gasteiger partial charge >= 0.3 is 0 Å². The molecule has 6 nitrogen and oxygen atoms in total. The van der Waals surface area contributed by atoms with Crippen molar-refractivity contribution in [1.29, 1.82) is 0 Å². The summed E-state index contributed by atoms with van der Waals surface area (Å²) >= 11 is 0. The van der Waals surface area contributed by atoms with Gasteiger partial charge in [0.05, 0.1) is 11.6 Å². The maximum atomic E-state index is 13.1. The molecule has 1 atom stereocenters. The van der Waals surface area contributed by atoms with E-state index in [-0.39, 0.29) is 11.7 Å². The van der Waals surface area contributed by atoms with Crippen LogP contribution in [0.2, 0.25) is 0 Å². The Balaban J connectivity index is 1.22. The molecule has 0 spiro atoms. The zero-order chi connectivity index (χ0) is 23.5. The number of halogens is 1. The first-order valence-corrected chi connectivity index (χ1v) is 11.6. The minimum Gasteiger partial charge on any atom is -0.389 e. The Bertz CT molecular complexity index is 1240. The van der Waals surface area contributed by atoms with Crippen LogP contribution in [-0.2, 0) is 12.8 Å². The van der Waals surface area contributed by atoms with Crippen LogP contribution in [0.25, 0.3) is 10.9 Å². The van der Waals surface area contributed by atoms with E-state index in [9.17, 15) is 14.3 Å². The number of benzene rings is 2. The van der Waals surface area contributed by atoms with Crippen molar-refractivity contribution in [2.45, 2.75) is 31.8 Å². The number of rotatable bonds is 6. The van der Waals surface area contributed by atoms with Crippen LogP contribution in [0.4, 0.5) is 10.1 Å². The Morgan fingerprint density at radius 2 is 1.76 bits per heavy atom. The van der Waals surface area contributed by atoms with Crippen LogP contribution in [0.3, 0.4) is 0 Å². The van der Waals surface area contributed by atoms with Gasteiger partial charge in [-0.1, -0.05) is 18.2 Å². The fraction of sp³-hybridized carbons (Fsp3) is 0.259. The molecule has 34 heavy (non-hydrogen) atoms. The Labute approximate surface area is 198 Å². The summed E-state index contributed by atoms with van der Waals surface area (Å²) in [6, 6.07) is 13.6. The maximum Gasteiger partial charge on any atom is 0.261 e. The number of para-hydroxylation sites is 1. The number of carbonyl (C=O) groups is 1. The first-order valence-electron chi connectivity index (χ1n) is 11.6. The molecule has 1 unspecified atom stereocenters. The van der Waals surface area contributed by atoms with E-state index in [0.717, 1.165) is 48.0 Å². The van der Waals surface area contributed by atoms with E-state index in [1.807, 2.05) is 23.1 Å². The lowest BCUT2D eigenvalue weighted by Gasteiger charge is -2.27. The van der Waals surface area contributed by atoms with Crippen LogP contribution in [0.15, 0.2) is 73.3 Å². The standard InChI is InChI=1S/C27H27FN4O2/c28-20-11-9-19(10-12-20)27(34)32-15-13-31(14-16-32)18-21(33)17-29-26-22-5-1-3-7-24(22)30-25-8-4-2-6-23(25)26/h1,3,5,7,9-16,21,33H,2,4,6,8,17-18H2,(H,29,30). The van der Waals surface area contributed by atoms with Crippen molar-refractivity contribution in [3.63, 3.8) is 0 Å². The number of aryl methyl sites for hydroxylation is 1. The molecule has 174 valence electrons. The van der Waals surface area contributed by atoms with E-state index in [2.05, 4.69) is 11.4 Å². The molecule has 1 aliphatic heterocycles. The number of amides is 1. The molecule has 5 rings (SSSR count). The molecule has 2 heterocycles. The number of hydrogen-bond acceptors (Lipinski definition) is 5. The molecule has 7 heteroatoms. The number of β-amino-alcohol motifs (C(OH)–C–C–N with tert-alkyl or cyclic N) is 1. The van der Waals surface area contributed by atoms with Crippen molar-refractivity contribution in [3.05, 3.63) is 96.0 Å². The molecular formula is C27H27FN4O2. The van der Waals surface area contributed by atoms with Crippen LogP contribution in [0, 0.1) is 5.82 Å². The number of fused-ring (bicyclic) bond motifs is 2. The summed E-state index contributed by atoms with van der Waals surface area (Å²) in [6.45, 7) is 0.778. The minimum absolute atomic E-state index is 0.247. The molecule has 2 aliphatic rings. The van der Waals surface area contributed by atoms with Crippen molar-refractivity contribution in [1.82, 2.24) is 14.8 Å². The highest BCUT2D eigenvalue weighted by Gasteiger charge is 2.20. The lowest BCUT2D eigenvalue weighted by molar-refractivity contribution is 0.0862. The minimum atomic E-state index is -0.625. The van der Waals surface area contributed by atoms with Crippen molar-refractivity contribution in [2.75, 3.05) is 18.4 Å². The van der Waals surface area contributed by atoms with Crippen LogP contribution >= 0.6 is 0 Å². The highest BCUT2D eigenvalue weighted by atomic mass is 19.1. The summed E-state index contributed by atoms with van der Waals surface area (Å²) in [6.07, 6.45) is 10.4. The summed E-state index contributed by atoms with van der Waals surface area (Å²) in [4.78, 5) is 20.7. The van der Waals surface area contributed by atoms with Crippen molar-refractivity contribution >= 4 is 22.5 Å². The van der Waals surface area contributed by atoms with Crippen LogP contribution in [0.5, 0.6) is 0 Å². The third kappa shape index (κ3) is 4.65. The van der Waals surface area contributed by atoms with Gasteiger partial charge in [0.15, 0.2) is 0 Å². The monoisotopic (exact) mass is 458 g/mol. The molecule has 0 radical (unpaired) electrons. The quantitative estimate of drug-likeness (QED) is 0.572. The van der Waals surface area contributed by atoms with E-state index in [1.165, 1.54) is 34.7 Å². The molecule has 0 fully saturated rings. The van der Waals surface area contributed by atoms with Crippen LogP contribution in [0.1, 0.15) is 34.5 Å². The van der Waals surface area contributed by atoms with E-state index in [0.29, 0.717) is 18.7 Å². The third-order valence-electron chi connectivity index (χ3n) is 6.27. The second-order valence-electron chi connectivity index (χ2n) is 8.68. The van der Waals surface area contributed by atoms with Gasteiger partial charge in [-0.15, -0.1) is 0 Å². The molecular weight excluding hydrogens is 431 g/mol. The van der Waals surface area contributed by atoms with Crippen LogP contribution in [-0.4, -0.2) is 45.0 Å². The van der Waals surface area contributed by atoms with Crippen molar-refractivity contribution < 1.29 is 14.3 Å². The number of pyridine rings is 1. The maximum absolute atomic E-state index is 13.1. The summed E-state index contributed by atoms with van der Waals surface area (Å²) in [5, 5.41) is 15.3. The Morgan fingerprint density at radius 3 is 2.56 bits per heavy atom. The molecule has 0 saturated carbocycles. The largest absolute Gasteiger partial charge is 0.389 e. The predicted octanol–water partition coefficient (Wildman–Crippen LogP) is 4.43. The zero-order valence-corrected chi connectivity index (χ0v) is 18.8. The number of aliphatic hydroxyl groups excluding tert-OH is 1. The highest BCUT2D eigenvalue weighted by Crippen LogP contribution is 2.33. The van der Waals surface area contributed by atoms with E-state index in [4.69, 9.17) is 4.98 Å². The van der Waals surface area contributed by atoms with Crippen LogP contribution < -0.4 is 5.32 Å². The number of carbonyl (C=O) groups excluding carboxylic acids is 1. The summed E-state index contributed by atoms with van der Waals surface area (Å²) in [5.41, 5.74) is 4.90. The van der Waals surface area contributed by atoms with Gasteiger partial charge in [0.2, 0.25) is 0 Å². The Kier molecular flexibility index (Phi) is 6.27. The summed E-state index contributed by atoms with van der Waals surface area (Å²) in [7, 11) is 0. The summed E-state index contributed by atoms with van der Waals surface area (Å²) < 4.78 is 13.1. The fourth-order valence-corrected chi connectivity index (χ4v) is 4.52. The SMILES string of the molecule is O=C(c1ccc(F)cc1)N1C=CN(CC(O)CNc2c3c(nc4ccccc24)CCCC3)C=C1. The molecule has 1 aromatic heterocycles. The molecule has 1 amide bonds. The van der Waals surface area contributed by atoms with E-state index in [1.54, 1.807) is 24.8 Å². The normalized spacial score (nSPS) is 15.9. The Morgan fingerprint density at radius 1 is 1.03 bits per heavy atom. The van der Waals surface area contributed by atoms with Gasteiger partial charge in [-0.05, 0) is 61.6 Å². The number of hydrogen-bond donors (Lipinski definition) is 2. The topological polar surface area (TPSA) is 68.7 Å². The molecule has 0 bridgehead atoms. The van der Waals surface area contributed by atoms with Gasteiger partial charge in [-0.2, -0.15) is 0 Å². The third-order valence-corrected chi connectivity index (χ3v) is 6.27. The molecule has 0 saturated heterocycles. The van der Waals surface area contributed by atoms with Gasteiger partial charge in [0.1, 0.15) is 5.82 Å². The van der Waals surface area contributed by atoms with Gasteiger partial charge in [-0.3, -0.25) is 14.7 Å². The van der Waals surface area contributed by atoms with Crippen molar-refractivity contribution in [3.8, 4) is 0 Å². The Hall–Kier alpha value is -3.71. The van der Waals surface area contributed by atoms with Crippen molar-refractivity contribution in [2.24, 2.45) is 0 Å². The van der Waals surface area contributed by atoms with Gasteiger partial charge in [0.25, 0.3) is 5.91 Å². The fourth-order valence-electron chi connectivity index (χ4n) is 4.52. The first kappa shape index (κ1) is 22.1. The number of nitrogens with one attached hydrogen (secondary N) is 1. The van der Waals surface area contributed by atoms with Gasteiger partial charge in [0, 0.05) is 60.2 Å². The average molecular weight is 459 g/mol. The number of aliphatic hydroxyl groups is 1. The lowest BCUT2D eigenvalue weighted by Crippen LogP contribution is -2.33. The molecule has 2 aromatic carbocycles. The molecule has 2 N–H and O–H groups in total. The predicted molar refractivity (Wildman–Crippen MR) is 130 cm³/mol.